The maximum absolute atomic E-state index is 10.2. The summed E-state index contributed by atoms with van der Waals surface area (Å²) >= 11 is 0. The van der Waals surface area contributed by atoms with Gasteiger partial charge in [-0.3, -0.25) is 0 Å². The molecule has 0 aromatic heterocycles. The van der Waals surface area contributed by atoms with E-state index in [1.165, 1.54) is 6.92 Å². The van der Waals surface area contributed by atoms with Crippen LogP contribution in [-0.4, -0.2) is 11.7 Å². The van der Waals surface area contributed by atoms with Crippen LogP contribution in [0.3, 0.4) is 0 Å². The van der Waals surface area contributed by atoms with E-state index in [0.29, 0.717) is 0 Å². The molecule has 0 N–H and O–H groups in total. The van der Waals surface area contributed by atoms with E-state index in [1.807, 2.05) is 13.8 Å². The Kier molecular flexibility index (Phi) is 4.54. The Hall–Kier alpha value is -0.860. The summed E-state index contributed by atoms with van der Waals surface area (Å²) in [5.74, 6) is -0.365. The number of hydrogen-bond acceptors (Lipinski definition) is 3. The lowest BCUT2D eigenvalue weighted by Gasteiger charge is -1.94. The highest BCUT2D eigenvalue weighted by Crippen LogP contribution is 1.91. The normalized spacial score (nSPS) is 11.3. The first-order chi connectivity index (χ1) is 4.66. The van der Waals surface area contributed by atoms with Gasteiger partial charge in [0.15, 0.2) is 0 Å². The number of hydrogen-bond donors (Lipinski definition) is 0. The molecule has 3 heteroatoms. The monoisotopic (exact) mass is 143 g/mol. The predicted molar refractivity (Wildman–Crippen MR) is 39.8 cm³/mol. The van der Waals surface area contributed by atoms with Gasteiger partial charge in [-0.15, -0.1) is 0 Å². The van der Waals surface area contributed by atoms with Crippen LogP contribution in [0.4, 0.5) is 0 Å². The molecule has 0 bridgehead atoms. The number of oxime groups is 1. The van der Waals surface area contributed by atoms with Crippen LogP contribution in [0.25, 0.3) is 0 Å². The van der Waals surface area contributed by atoms with E-state index in [-0.39, 0.29) is 5.97 Å². The predicted octanol–water partition coefficient (Wildman–Crippen LogP) is 1.73. The summed E-state index contributed by atoms with van der Waals surface area (Å²) in [5, 5.41) is 3.58. The summed E-state index contributed by atoms with van der Waals surface area (Å²) in [6, 6.07) is 0. The molecule has 0 heterocycles. The zero-order valence-electron chi connectivity index (χ0n) is 6.68. The Morgan fingerprint density at radius 2 is 2.10 bits per heavy atom. The van der Waals surface area contributed by atoms with Crippen molar-refractivity contribution < 1.29 is 9.63 Å². The van der Waals surface area contributed by atoms with E-state index in [1.54, 1.807) is 0 Å². The number of rotatable bonds is 3. The molecule has 0 atom stereocenters. The fourth-order valence-corrected chi connectivity index (χ4v) is 0.550. The zero-order valence-corrected chi connectivity index (χ0v) is 6.68. The molecular formula is C7H13NO2. The van der Waals surface area contributed by atoms with Gasteiger partial charge in [0, 0.05) is 6.92 Å². The molecule has 0 saturated heterocycles. The first kappa shape index (κ1) is 9.14. The lowest BCUT2D eigenvalue weighted by molar-refractivity contribution is -0.140. The summed E-state index contributed by atoms with van der Waals surface area (Å²) in [6.07, 6.45) is 1.91. The summed E-state index contributed by atoms with van der Waals surface area (Å²) in [6.45, 7) is 5.22. The van der Waals surface area contributed by atoms with Gasteiger partial charge in [-0.25, -0.2) is 4.79 Å². The molecular weight excluding hydrogens is 130 g/mol. The van der Waals surface area contributed by atoms with Crippen molar-refractivity contribution in [3.8, 4) is 0 Å². The van der Waals surface area contributed by atoms with Gasteiger partial charge in [0.05, 0.1) is 5.71 Å². The summed E-state index contributed by atoms with van der Waals surface area (Å²) in [7, 11) is 0. The summed E-state index contributed by atoms with van der Waals surface area (Å²) in [4.78, 5) is 14.6. The first-order valence-electron chi connectivity index (χ1n) is 3.38. The van der Waals surface area contributed by atoms with Crippen LogP contribution in [0.15, 0.2) is 5.16 Å². The van der Waals surface area contributed by atoms with Gasteiger partial charge in [0.2, 0.25) is 0 Å². The van der Waals surface area contributed by atoms with E-state index in [9.17, 15) is 4.79 Å². The average molecular weight is 143 g/mol. The Morgan fingerprint density at radius 1 is 1.50 bits per heavy atom. The van der Waals surface area contributed by atoms with Crippen LogP contribution in [-0.2, 0) is 9.63 Å². The van der Waals surface area contributed by atoms with E-state index >= 15 is 0 Å². The van der Waals surface area contributed by atoms with Gasteiger partial charge in [-0.1, -0.05) is 18.5 Å². The standard InChI is InChI=1S/C7H13NO2/c1-4-5-6(2)8-10-7(3)9/h4-5H2,1-3H3. The van der Waals surface area contributed by atoms with Crippen LogP contribution in [0.5, 0.6) is 0 Å². The summed E-state index contributed by atoms with van der Waals surface area (Å²) in [5.41, 5.74) is 0.859. The second kappa shape index (κ2) is 4.97. The van der Waals surface area contributed by atoms with Crippen LogP contribution in [0.1, 0.15) is 33.6 Å². The van der Waals surface area contributed by atoms with Crippen molar-refractivity contribution in [3.05, 3.63) is 0 Å². The number of nitrogens with zero attached hydrogens (tertiary/aromatic N) is 1. The Balaban J connectivity index is 3.57. The minimum Gasteiger partial charge on any atom is -0.319 e. The second-order valence-electron chi connectivity index (χ2n) is 2.16. The van der Waals surface area contributed by atoms with Crippen LogP contribution < -0.4 is 0 Å². The smallest absolute Gasteiger partial charge is 0.319 e. The van der Waals surface area contributed by atoms with E-state index in [4.69, 9.17) is 0 Å². The van der Waals surface area contributed by atoms with Gasteiger partial charge >= 0.3 is 5.97 Å². The molecule has 0 unspecified atom stereocenters. The van der Waals surface area contributed by atoms with Crippen molar-refractivity contribution in [3.63, 3.8) is 0 Å². The van der Waals surface area contributed by atoms with Gasteiger partial charge in [0.25, 0.3) is 0 Å². The van der Waals surface area contributed by atoms with Crippen molar-refractivity contribution in [1.29, 1.82) is 0 Å². The fourth-order valence-electron chi connectivity index (χ4n) is 0.550. The van der Waals surface area contributed by atoms with Crippen molar-refractivity contribution in [1.82, 2.24) is 0 Å². The maximum Gasteiger partial charge on any atom is 0.331 e. The van der Waals surface area contributed by atoms with E-state index in [2.05, 4.69) is 9.99 Å². The van der Waals surface area contributed by atoms with Crippen LogP contribution in [0, 0.1) is 0 Å². The highest BCUT2D eigenvalue weighted by atomic mass is 16.7. The van der Waals surface area contributed by atoms with Gasteiger partial charge < -0.3 is 4.84 Å². The molecule has 3 nitrogen and oxygen atoms in total. The maximum atomic E-state index is 10.2. The molecule has 0 radical (unpaired) electrons. The van der Waals surface area contributed by atoms with Gasteiger partial charge in [0.1, 0.15) is 0 Å². The third kappa shape index (κ3) is 5.28. The van der Waals surface area contributed by atoms with Gasteiger partial charge in [-0.2, -0.15) is 0 Å². The molecule has 0 aliphatic carbocycles. The second-order valence-corrected chi connectivity index (χ2v) is 2.16. The molecule has 0 aromatic rings. The molecule has 0 amide bonds. The molecule has 0 saturated carbocycles. The largest absolute Gasteiger partial charge is 0.331 e. The lowest BCUT2D eigenvalue weighted by Crippen LogP contribution is -1.96. The molecule has 0 fully saturated rings. The molecule has 58 valence electrons. The molecule has 0 rings (SSSR count). The number of carbonyl (C=O) groups is 1. The lowest BCUT2D eigenvalue weighted by atomic mass is 10.2. The molecule has 0 spiro atoms. The fraction of sp³-hybridized carbons (Fsp3) is 0.714. The van der Waals surface area contributed by atoms with Crippen molar-refractivity contribution in [2.45, 2.75) is 33.6 Å². The molecule has 10 heavy (non-hydrogen) atoms. The van der Waals surface area contributed by atoms with E-state index in [0.717, 1.165) is 18.6 Å². The van der Waals surface area contributed by atoms with E-state index < -0.39 is 0 Å². The Labute approximate surface area is 61.1 Å². The minimum atomic E-state index is -0.365. The zero-order chi connectivity index (χ0) is 7.98. The minimum absolute atomic E-state index is 0.365. The first-order valence-corrected chi connectivity index (χ1v) is 3.38. The van der Waals surface area contributed by atoms with Crippen molar-refractivity contribution in [2.75, 3.05) is 0 Å². The number of carbonyl (C=O) groups excluding carboxylic acids is 1. The summed E-state index contributed by atoms with van der Waals surface area (Å²) < 4.78 is 0. The quantitative estimate of drug-likeness (QED) is 0.343. The van der Waals surface area contributed by atoms with Crippen molar-refractivity contribution >= 4 is 11.7 Å². The molecule has 0 aromatic carbocycles. The molecule has 0 aliphatic heterocycles. The Morgan fingerprint density at radius 3 is 2.50 bits per heavy atom. The highest BCUT2D eigenvalue weighted by Gasteiger charge is 1.91. The SMILES string of the molecule is CCCC(C)=NOC(C)=O. The topological polar surface area (TPSA) is 38.7 Å². The van der Waals surface area contributed by atoms with Crippen LogP contribution >= 0.6 is 0 Å². The van der Waals surface area contributed by atoms with Crippen molar-refractivity contribution in [2.24, 2.45) is 5.16 Å². The third-order valence-corrected chi connectivity index (χ3v) is 0.942. The average Bonchev–Trinajstić information content (AvgIpc) is 1.85. The Bertz CT molecular complexity index is 141. The van der Waals surface area contributed by atoms with Gasteiger partial charge in [-0.05, 0) is 13.3 Å². The molecule has 0 aliphatic rings. The van der Waals surface area contributed by atoms with Crippen LogP contribution in [0.2, 0.25) is 0 Å². The third-order valence-electron chi connectivity index (χ3n) is 0.942. The highest BCUT2D eigenvalue weighted by molar-refractivity contribution is 5.82.